The predicted octanol–water partition coefficient (Wildman–Crippen LogP) is 1.92. The molecule has 1 saturated heterocycles. The van der Waals surface area contributed by atoms with Crippen LogP contribution in [0, 0.1) is 0 Å². The number of nitrogens with zero attached hydrogens (tertiary/aromatic N) is 2. The summed E-state index contributed by atoms with van der Waals surface area (Å²) in [5.74, 6) is -0.448. The van der Waals surface area contributed by atoms with Gasteiger partial charge in [0.05, 0.1) is 0 Å². The van der Waals surface area contributed by atoms with Gasteiger partial charge in [0.15, 0.2) is 5.60 Å². The summed E-state index contributed by atoms with van der Waals surface area (Å²) in [5, 5.41) is 9.73. The maximum atomic E-state index is 12.9. The summed E-state index contributed by atoms with van der Waals surface area (Å²) < 4.78 is 40.4. The minimum absolute atomic E-state index is 0.0507. The van der Waals surface area contributed by atoms with Crippen molar-refractivity contribution in [3.63, 3.8) is 0 Å². The Balaban J connectivity index is 2.07. The molecule has 0 spiro atoms. The van der Waals surface area contributed by atoms with Crippen LogP contribution in [-0.2, 0) is 11.3 Å². The molecule has 0 aromatic carbocycles. The third-order valence-corrected chi connectivity index (χ3v) is 4.42. The fourth-order valence-corrected chi connectivity index (χ4v) is 2.90. The Labute approximate surface area is 138 Å². The molecule has 1 aromatic rings. The molecule has 0 aliphatic carbocycles. The molecule has 2 rings (SSSR count). The fraction of sp³-hybridized carbons (Fsp3) is 0.571. The van der Waals surface area contributed by atoms with Crippen LogP contribution in [0.1, 0.15) is 19.3 Å². The van der Waals surface area contributed by atoms with Crippen LogP contribution in [0.15, 0.2) is 27.6 Å². The Kier molecular flexibility index (Phi) is 5.20. The number of aromatic nitrogens is 1. The van der Waals surface area contributed by atoms with Gasteiger partial charge in [-0.1, -0.05) is 0 Å². The first kappa shape index (κ1) is 18.0. The number of halogens is 4. The van der Waals surface area contributed by atoms with Crippen LogP contribution >= 0.6 is 15.9 Å². The van der Waals surface area contributed by atoms with Crippen LogP contribution in [0.3, 0.4) is 0 Å². The molecule has 1 aliphatic rings. The highest BCUT2D eigenvalue weighted by Gasteiger charge is 2.53. The molecular formula is C14H16BrF3N2O3. The molecule has 0 radical (unpaired) electrons. The number of pyridine rings is 1. The second-order valence-electron chi connectivity index (χ2n) is 5.58. The number of hydrogen-bond donors (Lipinski definition) is 1. The summed E-state index contributed by atoms with van der Waals surface area (Å²) in [7, 11) is 0. The van der Waals surface area contributed by atoms with Gasteiger partial charge in [-0.15, -0.1) is 0 Å². The highest BCUT2D eigenvalue weighted by Crippen LogP contribution is 2.38. The smallest absolute Gasteiger partial charge is 0.380 e. The molecule has 0 bridgehead atoms. The molecule has 1 atom stereocenters. The van der Waals surface area contributed by atoms with E-state index in [0.717, 1.165) is 0 Å². The van der Waals surface area contributed by atoms with Crippen molar-refractivity contribution in [1.29, 1.82) is 0 Å². The summed E-state index contributed by atoms with van der Waals surface area (Å²) in [6, 6.07) is 2.83. The van der Waals surface area contributed by atoms with Crippen LogP contribution in [0.4, 0.5) is 13.2 Å². The van der Waals surface area contributed by atoms with E-state index >= 15 is 0 Å². The van der Waals surface area contributed by atoms with Gasteiger partial charge in [0.2, 0.25) is 5.91 Å². The van der Waals surface area contributed by atoms with Crippen molar-refractivity contribution in [1.82, 2.24) is 9.47 Å². The lowest BCUT2D eigenvalue weighted by molar-refractivity contribution is -0.263. The summed E-state index contributed by atoms with van der Waals surface area (Å²) in [6.45, 7) is -0.319. The van der Waals surface area contributed by atoms with E-state index in [0.29, 0.717) is 4.47 Å². The fourth-order valence-electron chi connectivity index (χ4n) is 2.52. The third-order valence-electron chi connectivity index (χ3n) is 3.95. The first-order valence-corrected chi connectivity index (χ1v) is 7.84. The SMILES string of the molecule is O=C(Cn1cc(Br)ccc1=O)N1CCCC(O)(C(F)(F)F)CC1. The second-order valence-corrected chi connectivity index (χ2v) is 6.49. The average molecular weight is 397 g/mol. The normalized spacial score (nSPS) is 22.7. The lowest BCUT2D eigenvalue weighted by Crippen LogP contribution is -2.46. The molecule has 128 valence electrons. The van der Waals surface area contributed by atoms with E-state index in [1.54, 1.807) is 6.07 Å². The number of carbonyl (C=O) groups excluding carboxylic acids is 1. The minimum atomic E-state index is -4.71. The third kappa shape index (κ3) is 4.14. The lowest BCUT2D eigenvalue weighted by atomic mass is 9.94. The van der Waals surface area contributed by atoms with E-state index in [1.807, 2.05) is 0 Å². The van der Waals surface area contributed by atoms with Crippen molar-refractivity contribution in [2.45, 2.75) is 37.6 Å². The van der Waals surface area contributed by atoms with Crippen molar-refractivity contribution in [3.8, 4) is 0 Å². The number of hydrogen-bond acceptors (Lipinski definition) is 3. The Bertz CT molecular complexity index is 647. The van der Waals surface area contributed by atoms with Gasteiger partial charge in [-0.3, -0.25) is 9.59 Å². The number of alkyl halides is 3. The Hall–Kier alpha value is -1.35. The maximum absolute atomic E-state index is 12.9. The van der Waals surface area contributed by atoms with Gasteiger partial charge in [0.1, 0.15) is 6.54 Å². The minimum Gasteiger partial charge on any atom is -0.380 e. The van der Waals surface area contributed by atoms with Gasteiger partial charge in [-0.2, -0.15) is 13.2 Å². The van der Waals surface area contributed by atoms with Crippen molar-refractivity contribution >= 4 is 21.8 Å². The first-order valence-electron chi connectivity index (χ1n) is 7.05. The van der Waals surface area contributed by atoms with Gasteiger partial charge in [-0.05, 0) is 34.8 Å². The van der Waals surface area contributed by atoms with E-state index in [2.05, 4.69) is 15.9 Å². The van der Waals surface area contributed by atoms with E-state index in [9.17, 15) is 27.9 Å². The van der Waals surface area contributed by atoms with Gasteiger partial charge < -0.3 is 14.6 Å². The molecule has 9 heteroatoms. The summed E-state index contributed by atoms with van der Waals surface area (Å²) in [5.41, 5.74) is -3.13. The van der Waals surface area contributed by atoms with E-state index < -0.39 is 30.5 Å². The largest absolute Gasteiger partial charge is 0.417 e. The average Bonchev–Trinajstić information content (AvgIpc) is 2.65. The van der Waals surface area contributed by atoms with Crippen molar-refractivity contribution < 1.29 is 23.1 Å². The standard InChI is InChI=1S/C14H16BrF3N2O3/c15-10-2-3-11(21)20(8-10)9-12(22)19-6-1-4-13(23,5-7-19)14(16,17)18/h2-3,8,23H,1,4-7,9H2. The summed E-state index contributed by atoms with van der Waals surface area (Å²) in [4.78, 5) is 25.2. The van der Waals surface area contributed by atoms with Gasteiger partial charge in [0, 0.05) is 36.2 Å². The van der Waals surface area contributed by atoms with Crippen LogP contribution in [0.25, 0.3) is 0 Å². The highest BCUT2D eigenvalue weighted by atomic mass is 79.9. The molecule has 1 amide bonds. The quantitative estimate of drug-likeness (QED) is 0.830. The molecule has 1 fully saturated rings. The Morgan fingerprint density at radius 2 is 2.00 bits per heavy atom. The van der Waals surface area contributed by atoms with Crippen molar-refractivity contribution in [3.05, 3.63) is 33.2 Å². The number of amides is 1. The molecular weight excluding hydrogens is 381 g/mol. The zero-order chi connectivity index (χ0) is 17.3. The van der Waals surface area contributed by atoms with Crippen molar-refractivity contribution in [2.75, 3.05) is 13.1 Å². The topological polar surface area (TPSA) is 62.5 Å². The maximum Gasteiger partial charge on any atom is 0.417 e. The Morgan fingerprint density at radius 1 is 1.30 bits per heavy atom. The second kappa shape index (κ2) is 6.64. The van der Waals surface area contributed by atoms with Gasteiger partial charge in [0.25, 0.3) is 5.56 Å². The van der Waals surface area contributed by atoms with Crippen LogP contribution in [0.5, 0.6) is 0 Å². The van der Waals surface area contributed by atoms with Crippen molar-refractivity contribution in [2.24, 2.45) is 0 Å². The predicted molar refractivity (Wildman–Crippen MR) is 79.8 cm³/mol. The first-order chi connectivity index (χ1) is 10.6. The van der Waals surface area contributed by atoms with Crippen LogP contribution in [-0.4, -0.2) is 45.3 Å². The van der Waals surface area contributed by atoms with E-state index in [1.165, 1.54) is 21.7 Å². The highest BCUT2D eigenvalue weighted by molar-refractivity contribution is 9.10. The van der Waals surface area contributed by atoms with Gasteiger partial charge in [-0.25, -0.2) is 0 Å². The van der Waals surface area contributed by atoms with Crippen LogP contribution in [0.2, 0.25) is 0 Å². The monoisotopic (exact) mass is 396 g/mol. The number of likely N-dealkylation sites (tertiary alicyclic amines) is 1. The van der Waals surface area contributed by atoms with E-state index in [-0.39, 0.29) is 31.6 Å². The Morgan fingerprint density at radius 3 is 2.65 bits per heavy atom. The molecule has 1 aromatic heterocycles. The lowest BCUT2D eigenvalue weighted by Gasteiger charge is -2.29. The molecule has 1 unspecified atom stereocenters. The molecule has 5 nitrogen and oxygen atoms in total. The number of carbonyl (C=O) groups is 1. The number of aliphatic hydroxyl groups is 1. The molecule has 2 heterocycles. The molecule has 1 N–H and O–H groups in total. The molecule has 0 saturated carbocycles. The summed E-state index contributed by atoms with van der Waals surface area (Å²) in [6.07, 6.45) is -4.21. The zero-order valence-electron chi connectivity index (χ0n) is 12.1. The van der Waals surface area contributed by atoms with Gasteiger partial charge >= 0.3 is 6.18 Å². The molecule has 1 aliphatic heterocycles. The summed E-state index contributed by atoms with van der Waals surface area (Å²) >= 11 is 3.19. The van der Waals surface area contributed by atoms with E-state index in [4.69, 9.17) is 0 Å². The van der Waals surface area contributed by atoms with Crippen LogP contribution < -0.4 is 5.56 Å². The number of rotatable bonds is 2. The molecule has 23 heavy (non-hydrogen) atoms. The zero-order valence-corrected chi connectivity index (χ0v) is 13.7.